The smallest absolute Gasteiger partial charge is 0.188 e. The van der Waals surface area contributed by atoms with Gasteiger partial charge in [0, 0.05) is 35.8 Å². The van der Waals surface area contributed by atoms with Crippen LogP contribution in [0.5, 0.6) is 34.5 Å². The normalized spacial score (nSPS) is 13.3. The summed E-state index contributed by atoms with van der Waals surface area (Å²) in [7, 11) is 7.08. The zero-order valence-electron chi connectivity index (χ0n) is 30.8. The minimum atomic E-state index is -3.23. The second-order valence-electron chi connectivity index (χ2n) is 13.2. The molecule has 8 rings (SSSR count). The Labute approximate surface area is 311 Å². The van der Waals surface area contributed by atoms with Gasteiger partial charge in [-0.2, -0.15) is 0 Å². The van der Waals surface area contributed by atoms with E-state index >= 15 is 0 Å². The van der Waals surface area contributed by atoms with Gasteiger partial charge < -0.3 is 38.2 Å². The highest BCUT2D eigenvalue weighted by atomic mass is 28.3. The molecule has 0 fully saturated rings. The average Bonchev–Trinajstić information content (AvgIpc) is 3.22. The lowest BCUT2D eigenvalue weighted by atomic mass is 10.1. The third-order valence-electron chi connectivity index (χ3n) is 10.6. The first kappa shape index (κ1) is 34.0. The molecule has 2 aliphatic rings. The second kappa shape index (κ2) is 13.8. The van der Waals surface area contributed by atoms with E-state index in [1.54, 1.807) is 42.7 Å². The molecular formula is C44H42N2O6Si. The summed E-state index contributed by atoms with van der Waals surface area (Å²) in [6, 6.07) is 42.7. The number of ether oxygens (including phenoxy) is 6. The number of fused-ring (bicyclic) bond motifs is 8. The molecule has 1 spiro atoms. The molecule has 2 heterocycles. The van der Waals surface area contributed by atoms with Crippen molar-refractivity contribution in [1.82, 2.24) is 0 Å². The van der Waals surface area contributed by atoms with Gasteiger partial charge in [-0.05, 0) is 129 Å². The first-order valence-corrected chi connectivity index (χ1v) is 19.5. The highest BCUT2D eigenvalue weighted by Crippen LogP contribution is 2.42. The molecule has 0 atom stereocenters. The van der Waals surface area contributed by atoms with E-state index in [1.165, 1.54) is 20.7 Å². The molecule has 6 aromatic carbocycles. The summed E-state index contributed by atoms with van der Waals surface area (Å²) in [5.74, 6) is 4.82. The summed E-state index contributed by atoms with van der Waals surface area (Å²) >= 11 is 0. The lowest BCUT2D eigenvalue weighted by Gasteiger charge is -2.50. The van der Waals surface area contributed by atoms with Crippen LogP contribution < -0.4 is 59.0 Å². The molecule has 0 saturated heterocycles. The van der Waals surface area contributed by atoms with Gasteiger partial charge in [0.05, 0.1) is 42.7 Å². The van der Waals surface area contributed by atoms with Crippen LogP contribution in [0.25, 0.3) is 0 Å². The minimum Gasteiger partial charge on any atom is -0.497 e. The molecule has 0 saturated carbocycles. The molecule has 0 aromatic heterocycles. The first-order valence-electron chi connectivity index (χ1n) is 17.5. The maximum atomic E-state index is 6.01. The lowest BCUT2D eigenvalue weighted by Crippen LogP contribution is -2.79. The van der Waals surface area contributed by atoms with Gasteiger partial charge in [-0.25, -0.2) is 0 Å². The maximum Gasteiger partial charge on any atom is 0.188 e. The zero-order chi connectivity index (χ0) is 36.7. The van der Waals surface area contributed by atoms with Crippen molar-refractivity contribution >= 4 is 51.6 Å². The van der Waals surface area contributed by atoms with Crippen LogP contribution in [0.2, 0.25) is 0 Å². The van der Waals surface area contributed by atoms with Crippen LogP contribution in [0.3, 0.4) is 0 Å². The molecule has 0 amide bonds. The quantitative estimate of drug-likeness (QED) is 0.150. The molecule has 0 unspecified atom stereocenters. The van der Waals surface area contributed by atoms with Crippen molar-refractivity contribution in [3.05, 3.63) is 132 Å². The molecule has 2 aliphatic heterocycles. The molecule has 0 radical (unpaired) electrons. The van der Waals surface area contributed by atoms with Crippen molar-refractivity contribution in [3.8, 4) is 34.5 Å². The topological polar surface area (TPSA) is 61.9 Å². The Kier molecular flexibility index (Phi) is 8.88. The SMILES string of the molecule is COc1ccc(CN2c3ccc(OC)cc3[Si]3(c4cc(OC)ccc42)c2cc(OC)ccc2N(Cc2ccc(OC)cc2)c2ccc(OC)cc23)cc1. The summed E-state index contributed by atoms with van der Waals surface area (Å²) in [6.07, 6.45) is 0. The molecule has 0 aliphatic carbocycles. The van der Waals surface area contributed by atoms with E-state index in [4.69, 9.17) is 28.4 Å². The lowest BCUT2D eigenvalue weighted by molar-refractivity contribution is 0.414. The number of hydrogen-bond acceptors (Lipinski definition) is 8. The number of anilines is 4. The minimum absolute atomic E-state index is 0.645. The highest BCUT2D eigenvalue weighted by Gasteiger charge is 2.54. The summed E-state index contributed by atoms with van der Waals surface area (Å²) in [5, 5.41) is 4.83. The standard InChI is InChI=1S/C44H42N2O6Si/c1-47-31-11-7-29(8-12-31)27-45-37-19-15-33(49-3)23-41(37)53(42-24-34(50-4)16-20-38(42)45)43-25-35(51-5)17-21-39(43)46(28-30-9-13-32(48-2)14-10-30)40-22-18-36(52-6)26-44(40)53/h7-26H,27-28H2,1-6H3. The van der Waals surface area contributed by atoms with Gasteiger partial charge in [0.25, 0.3) is 0 Å². The number of methoxy groups -OCH3 is 6. The van der Waals surface area contributed by atoms with Gasteiger partial charge in [-0.15, -0.1) is 0 Å². The van der Waals surface area contributed by atoms with E-state index in [9.17, 15) is 0 Å². The van der Waals surface area contributed by atoms with Gasteiger partial charge in [-0.3, -0.25) is 0 Å². The first-order chi connectivity index (χ1) is 25.9. The summed E-state index contributed by atoms with van der Waals surface area (Å²) in [5.41, 5.74) is 6.80. The summed E-state index contributed by atoms with van der Waals surface area (Å²) < 4.78 is 35.0. The Morgan fingerprint density at radius 2 is 0.585 bits per heavy atom. The van der Waals surface area contributed by atoms with E-state index in [1.807, 2.05) is 24.3 Å². The van der Waals surface area contributed by atoms with Crippen LogP contribution in [0.15, 0.2) is 121 Å². The van der Waals surface area contributed by atoms with Gasteiger partial charge in [-0.1, -0.05) is 24.3 Å². The van der Waals surface area contributed by atoms with Crippen molar-refractivity contribution in [1.29, 1.82) is 0 Å². The van der Waals surface area contributed by atoms with Crippen molar-refractivity contribution in [3.63, 3.8) is 0 Å². The molecule has 268 valence electrons. The van der Waals surface area contributed by atoms with E-state index in [0.29, 0.717) is 13.1 Å². The number of hydrogen-bond donors (Lipinski definition) is 0. The number of nitrogens with zero attached hydrogens (tertiary/aromatic N) is 2. The summed E-state index contributed by atoms with van der Waals surface area (Å²) in [4.78, 5) is 4.85. The van der Waals surface area contributed by atoms with Crippen LogP contribution in [-0.2, 0) is 13.1 Å². The maximum absolute atomic E-state index is 6.01. The van der Waals surface area contributed by atoms with E-state index in [-0.39, 0.29) is 0 Å². The third kappa shape index (κ3) is 5.59. The van der Waals surface area contributed by atoms with E-state index in [0.717, 1.165) is 68.4 Å². The van der Waals surface area contributed by atoms with Crippen LogP contribution in [0, 0.1) is 0 Å². The fourth-order valence-corrected chi connectivity index (χ4v) is 13.6. The van der Waals surface area contributed by atoms with Gasteiger partial charge >= 0.3 is 0 Å². The van der Waals surface area contributed by atoms with Crippen LogP contribution in [0.1, 0.15) is 11.1 Å². The van der Waals surface area contributed by atoms with Crippen LogP contribution in [-0.4, -0.2) is 50.7 Å². The fraction of sp³-hybridized carbons (Fsp3) is 0.182. The molecule has 0 N–H and O–H groups in total. The van der Waals surface area contributed by atoms with Crippen LogP contribution in [0.4, 0.5) is 22.7 Å². The Morgan fingerprint density at radius 1 is 0.340 bits per heavy atom. The predicted octanol–water partition coefficient (Wildman–Crippen LogP) is 6.42. The zero-order valence-corrected chi connectivity index (χ0v) is 31.8. The molecule has 0 bridgehead atoms. The third-order valence-corrected chi connectivity index (χ3v) is 15.4. The second-order valence-corrected chi connectivity index (χ2v) is 16.8. The molecule has 8 nitrogen and oxygen atoms in total. The van der Waals surface area contributed by atoms with Crippen LogP contribution >= 0.6 is 0 Å². The van der Waals surface area contributed by atoms with Crippen molar-refractivity contribution in [2.45, 2.75) is 13.1 Å². The van der Waals surface area contributed by atoms with Gasteiger partial charge in [0.15, 0.2) is 8.07 Å². The number of rotatable bonds is 10. The molecule has 9 heteroatoms. The van der Waals surface area contributed by atoms with Crippen molar-refractivity contribution < 1.29 is 28.4 Å². The Balaban J connectivity index is 1.46. The van der Waals surface area contributed by atoms with Gasteiger partial charge in [0.1, 0.15) is 34.5 Å². The Morgan fingerprint density at radius 3 is 0.830 bits per heavy atom. The summed E-state index contributed by atoms with van der Waals surface area (Å²) in [6.45, 7) is 1.29. The predicted molar refractivity (Wildman–Crippen MR) is 214 cm³/mol. The molecular weight excluding hydrogens is 681 g/mol. The van der Waals surface area contributed by atoms with E-state index < -0.39 is 8.07 Å². The number of benzene rings is 6. The highest BCUT2D eigenvalue weighted by molar-refractivity contribution is 7.23. The molecule has 53 heavy (non-hydrogen) atoms. The monoisotopic (exact) mass is 722 g/mol. The van der Waals surface area contributed by atoms with E-state index in [2.05, 4.69) is 107 Å². The Hall–Kier alpha value is -6.06. The Bertz CT molecular complexity index is 2020. The van der Waals surface area contributed by atoms with Gasteiger partial charge in [0.2, 0.25) is 0 Å². The average molecular weight is 723 g/mol. The van der Waals surface area contributed by atoms with Crippen molar-refractivity contribution in [2.24, 2.45) is 0 Å². The fourth-order valence-electron chi connectivity index (χ4n) is 8.01. The largest absolute Gasteiger partial charge is 0.497 e. The van der Waals surface area contributed by atoms with Crippen molar-refractivity contribution in [2.75, 3.05) is 52.5 Å². The molecule has 6 aromatic rings.